The molecule has 0 saturated carbocycles. The van der Waals surface area contributed by atoms with E-state index >= 15 is 0 Å². The van der Waals surface area contributed by atoms with Gasteiger partial charge in [-0.2, -0.15) is 12.6 Å². The normalized spacial score (nSPS) is 11.8. The maximum absolute atomic E-state index is 6.20. The number of benzene rings is 3. The first-order valence-electron chi connectivity index (χ1n) is 9.65. The van der Waals surface area contributed by atoms with Crippen LogP contribution in [0.2, 0.25) is 0 Å². The minimum Gasteiger partial charge on any atom is -0.491 e. The quantitative estimate of drug-likeness (QED) is 0.131. The molecule has 0 aliphatic rings. The highest BCUT2D eigenvalue weighted by molar-refractivity contribution is 7.80. The number of halogens is 1. The van der Waals surface area contributed by atoms with Crippen molar-refractivity contribution in [3.63, 3.8) is 0 Å². The van der Waals surface area contributed by atoms with Crippen LogP contribution in [0.1, 0.15) is 23.1 Å². The SMILES string of the molecule is SCOCCOc1ccc(/C(=C(/CCCl)c2ccccc2)c2ccccc2)cc1. The summed E-state index contributed by atoms with van der Waals surface area (Å²) in [5.41, 5.74) is 5.94. The molecule has 0 heterocycles. The first-order valence-corrected chi connectivity index (χ1v) is 10.8. The molecule has 0 aliphatic heterocycles. The van der Waals surface area contributed by atoms with E-state index < -0.39 is 0 Å². The zero-order valence-electron chi connectivity index (χ0n) is 16.3. The van der Waals surface area contributed by atoms with E-state index in [4.69, 9.17) is 21.1 Å². The van der Waals surface area contributed by atoms with Gasteiger partial charge in [0.05, 0.1) is 12.5 Å². The van der Waals surface area contributed by atoms with Gasteiger partial charge in [-0.15, -0.1) is 11.6 Å². The van der Waals surface area contributed by atoms with Crippen LogP contribution in [-0.4, -0.2) is 25.0 Å². The van der Waals surface area contributed by atoms with Crippen molar-refractivity contribution in [2.24, 2.45) is 0 Å². The third-order valence-corrected chi connectivity index (χ3v) is 4.93. The highest BCUT2D eigenvalue weighted by Gasteiger charge is 2.14. The minimum atomic E-state index is 0.399. The minimum absolute atomic E-state index is 0.399. The van der Waals surface area contributed by atoms with E-state index in [1.54, 1.807) is 0 Å². The predicted molar refractivity (Wildman–Crippen MR) is 126 cm³/mol. The molecule has 3 rings (SSSR count). The molecule has 0 unspecified atom stereocenters. The average molecular weight is 425 g/mol. The Kier molecular flexibility index (Phi) is 8.69. The molecule has 0 spiro atoms. The van der Waals surface area contributed by atoms with E-state index in [1.807, 2.05) is 24.3 Å². The lowest BCUT2D eigenvalue weighted by atomic mass is 9.88. The first kappa shape index (κ1) is 21.5. The largest absolute Gasteiger partial charge is 0.491 e. The zero-order chi connectivity index (χ0) is 20.3. The third-order valence-electron chi connectivity index (χ3n) is 4.56. The van der Waals surface area contributed by atoms with Gasteiger partial charge >= 0.3 is 0 Å². The molecule has 0 amide bonds. The second-order valence-electron chi connectivity index (χ2n) is 6.43. The first-order chi connectivity index (χ1) is 14.3. The number of allylic oxidation sites excluding steroid dienone is 1. The lowest BCUT2D eigenvalue weighted by molar-refractivity contribution is 0.136. The van der Waals surface area contributed by atoms with E-state index in [-0.39, 0.29) is 0 Å². The summed E-state index contributed by atoms with van der Waals surface area (Å²) in [6.45, 7) is 1.02. The van der Waals surface area contributed by atoms with Crippen molar-refractivity contribution >= 4 is 35.4 Å². The molecule has 0 N–H and O–H groups in total. The summed E-state index contributed by atoms with van der Waals surface area (Å²) in [5, 5.41) is 0. The Morgan fingerprint density at radius 2 is 1.31 bits per heavy atom. The van der Waals surface area contributed by atoms with Gasteiger partial charge in [0.1, 0.15) is 12.4 Å². The van der Waals surface area contributed by atoms with Crippen molar-refractivity contribution in [3.8, 4) is 5.75 Å². The van der Waals surface area contributed by atoms with E-state index in [1.165, 1.54) is 22.3 Å². The molecule has 0 aromatic heterocycles. The summed E-state index contributed by atoms with van der Waals surface area (Å²) < 4.78 is 10.9. The fraction of sp³-hybridized carbons (Fsp3) is 0.200. The van der Waals surface area contributed by atoms with Gasteiger partial charge in [0.25, 0.3) is 0 Å². The topological polar surface area (TPSA) is 18.5 Å². The van der Waals surface area contributed by atoms with Gasteiger partial charge in [0.15, 0.2) is 0 Å². The summed E-state index contributed by atoms with van der Waals surface area (Å²) in [5.74, 6) is 1.78. The number of thiol groups is 1. The van der Waals surface area contributed by atoms with E-state index in [9.17, 15) is 0 Å². The van der Waals surface area contributed by atoms with Crippen molar-refractivity contribution in [2.45, 2.75) is 6.42 Å². The van der Waals surface area contributed by atoms with Crippen LogP contribution in [0.25, 0.3) is 11.1 Å². The Balaban J connectivity index is 2.00. The van der Waals surface area contributed by atoms with Crippen molar-refractivity contribution in [1.29, 1.82) is 0 Å². The monoisotopic (exact) mass is 424 g/mol. The average Bonchev–Trinajstić information content (AvgIpc) is 2.79. The van der Waals surface area contributed by atoms with Crippen molar-refractivity contribution in [3.05, 3.63) is 102 Å². The summed E-state index contributed by atoms with van der Waals surface area (Å²) >= 11 is 10.2. The summed E-state index contributed by atoms with van der Waals surface area (Å²) in [4.78, 5) is 0. The van der Waals surface area contributed by atoms with Crippen LogP contribution < -0.4 is 4.74 Å². The van der Waals surface area contributed by atoms with Gasteiger partial charge in [-0.25, -0.2) is 0 Å². The lowest BCUT2D eigenvalue weighted by Gasteiger charge is -2.17. The third kappa shape index (κ3) is 6.14. The smallest absolute Gasteiger partial charge is 0.119 e. The Morgan fingerprint density at radius 1 is 0.724 bits per heavy atom. The highest BCUT2D eigenvalue weighted by atomic mass is 35.5. The number of alkyl halides is 1. The van der Waals surface area contributed by atoms with Crippen LogP contribution in [0.4, 0.5) is 0 Å². The molecule has 0 saturated heterocycles. The molecule has 0 fully saturated rings. The molecule has 0 bridgehead atoms. The maximum atomic E-state index is 6.20. The molecule has 0 aliphatic carbocycles. The standard InChI is InChI=1S/C25H25ClO2S/c26-16-15-24(20-7-3-1-4-8-20)25(21-9-5-2-6-10-21)22-11-13-23(14-12-22)28-18-17-27-19-29/h1-14,29H,15-19H2/b25-24-. The molecule has 150 valence electrons. The van der Waals surface area contributed by atoms with Gasteiger partial charge in [0, 0.05) is 5.88 Å². The van der Waals surface area contributed by atoms with Crippen LogP contribution in [0, 0.1) is 0 Å². The zero-order valence-corrected chi connectivity index (χ0v) is 17.9. The number of ether oxygens (including phenoxy) is 2. The van der Waals surface area contributed by atoms with Gasteiger partial charge < -0.3 is 9.47 Å². The molecule has 29 heavy (non-hydrogen) atoms. The van der Waals surface area contributed by atoms with Crippen LogP contribution in [0.15, 0.2) is 84.9 Å². The second-order valence-corrected chi connectivity index (χ2v) is 7.07. The molecular weight excluding hydrogens is 400 g/mol. The van der Waals surface area contributed by atoms with Crippen molar-refractivity contribution < 1.29 is 9.47 Å². The van der Waals surface area contributed by atoms with Gasteiger partial charge in [-0.1, -0.05) is 72.8 Å². The lowest BCUT2D eigenvalue weighted by Crippen LogP contribution is -2.05. The fourth-order valence-electron chi connectivity index (χ4n) is 3.27. The molecule has 3 aromatic rings. The number of hydrogen-bond acceptors (Lipinski definition) is 3. The molecule has 3 aromatic carbocycles. The highest BCUT2D eigenvalue weighted by Crippen LogP contribution is 2.35. The summed E-state index contributed by atoms with van der Waals surface area (Å²) in [6.07, 6.45) is 0.787. The Morgan fingerprint density at radius 3 is 1.90 bits per heavy atom. The van der Waals surface area contributed by atoms with E-state index in [0.717, 1.165) is 17.7 Å². The second kappa shape index (κ2) is 11.7. The Hall–Kier alpha value is -2.20. The van der Waals surface area contributed by atoms with Gasteiger partial charge in [-0.05, 0) is 46.4 Å². The summed E-state index contributed by atoms with van der Waals surface area (Å²) in [7, 11) is 0. The Labute approximate surface area is 183 Å². The van der Waals surface area contributed by atoms with Crippen LogP contribution in [0.5, 0.6) is 5.75 Å². The fourth-order valence-corrected chi connectivity index (χ4v) is 3.59. The molecule has 0 atom stereocenters. The van der Waals surface area contributed by atoms with Gasteiger partial charge in [-0.3, -0.25) is 0 Å². The summed E-state index contributed by atoms with van der Waals surface area (Å²) in [6, 6.07) is 29.1. The predicted octanol–water partition coefficient (Wildman–Crippen LogP) is 6.56. The van der Waals surface area contributed by atoms with E-state index in [2.05, 4.69) is 73.3 Å². The van der Waals surface area contributed by atoms with Crippen molar-refractivity contribution in [1.82, 2.24) is 0 Å². The number of rotatable bonds is 10. The Bertz CT molecular complexity index is 893. The van der Waals surface area contributed by atoms with Crippen LogP contribution >= 0.6 is 24.2 Å². The van der Waals surface area contributed by atoms with E-state index in [0.29, 0.717) is 25.0 Å². The van der Waals surface area contributed by atoms with Crippen molar-refractivity contribution in [2.75, 3.05) is 25.0 Å². The molecule has 0 radical (unpaired) electrons. The van der Waals surface area contributed by atoms with Crippen LogP contribution in [-0.2, 0) is 4.74 Å². The molecular formula is C25H25ClO2S. The van der Waals surface area contributed by atoms with Crippen LogP contribution in [0.3, 0.4) is 0 Å². The molecule has 2 nitrogen and oxygen atoms in total. The number of hydrogen-bond donors (Lipinski definition) is 1. The maximum Gasteiger partial charge on any atom is 0.119 e. The van der Waals surface area contributed by atoms with Gasteiger partial charge in [0.2, 0.25) is 0 Å². The molecule has 4 heteroatoms.